The lowest BCUT2D eigenvalue weighted by atomic mass is 9.96. The van der Waals surface area contributed by atoms with Crippen LogP contribution >= 0.6 is 12.4 Å². The van der Waals surface area contributed by atoms with Crippen molar-refractivity contribution in [3.63, 3.8) is 0 Å². The molecule has 0 radical (unpaired) electrons. The molecule has 2 fully saturated rings. The van der Waals surface area contributed by atoms with Crippen LogP contribution in [0.25, 0.3) is 0 Å². The molecule has 0 aliphatic carbocycles. The molecule has 0 aromatic rings. The summed E-state index contributed by atoms with van der Waals surface area (Å²) in [5, 5.41) is 6.31. The Morgan fingerprint density at radius 1 is 1.39 bits per heavy atom. The van der Waals surface area contributed by atoms with Crippen molar-refractivity contribution >= 4 is 18.3 Å². The molecule has 2 aliphatic heterocycles. The first kappa shape index (κ1) is 15.7. The molecule has 18 heavy (non-hydrogen) atoms. The van der Waals surface area contributed by atoms with Crippen molar-refractivity contribution in [3.8, 4) is 0 Å². The summed E-state index contributed by atoms with van der Waals surface area (Å²) < 4.78 is 10.5. The third kappa shape index (κ3) is 5.10. The number of rotatable bonds is 4. The van der Waals surface area contributed by atoms with E-state index >= 15 is 0 Å². The Balaban J connectivity index is 0.00000162. The number of amides is 1. The van der Waals surface area contributed by atoms with Crippen molar-refractivity contribution in [1.82, 2.24) is 10.6 Å². The molecule has 6 heteroatoms. The minimum absolute atomic E-state index is 0. The molecule has 0 aromatic carbocycles. The molecular weight excluding hydrogens is 256 g/mol. The predicted molar refractivity (Wildman–Crippen MR) is 71.0 cm³/mol. The van der Waals surface area contributed by atoms with Gasteiger partial charge in [0.25, 0.3) is 5.91 Å². The molecule has 1 amide bonds. The topological polar surface area (TPSA) is 59.6 Å². The van der Waals surface area contributed by atoms with Crippen LogP contribution in [0.3, 0.4) is 0 Å². The summed E-state index contributed by atoms with van der Waals surface area (Å²) >= 11 is 0. The van der Waals surface area contributed by atoms with E-state index in [1.807, 2.05) is 0 Å². The van der Waals surface area contributed by atoms with Gasteiger partial charge in [0.05, 0.1) is 19.8 Å². The van der Waals surface area contributed by atoms with Crippen LogP contribution in [0.2, 0.25) is 0 Å². The molecule has 106 valence electrons. The Morgan fingerprint density at radius 3 is 2.94 bits per heavy atom. The highest BCUT2D eigenvalue weighted by Gasteiger charge is 2.22. The van der Waals surface area contributed by atoms with Gasteiger partial charge in [0.2, 0.25) is 0 Å². The third-order valence-electron chi connectivity index (χ3n) is 3.36. The molecule has 2 N–H and O–H groups in total. The van der Waals surface area contributed by atoms with Gasteiger partial charge < -0.3 is 20.1 Å². The number of hydrogen-bond donors (Lipinski definition) is 2. The first-order valence-corrected chi connectivity index (χ1v) is 6.54. The average molecular weight is 279 g/mol. The Hall–Kier alpha value is -0.360. The number of carbonyl (C=O) groups is 1. The summed E-state index contributed by atoms with van der Waals surface area (Å²) in [5.41, 5.74) is 0. The van der Waals surface area contributed by atoms with E-state index in [0.29, 0.717) is 25.7 Å². The molecule has 2 unspecified atom stereocenters. The zero-order valence-corrected chi connectivity index (χ0v) is 11.5. The Bertz CT molecular complexity index is 241. The third-order valence-corrected chi connectivity index (χ3v) is 3.36. The number of halogens is 1. The monoisotopic (exact) mass is 278 g/mol. The highest BCUT2D eigenvalue weighted by atomic mass is 35.5. The number of nitrogens with one attached hydrogen (secondary N) is 2. The van der Waals surface area contributed by atoms with Crippen molar-refractivity contribution in [2.75, 3.05) is 39.5 Å². The van der Waals surface area contributed by atoms with Gasteiger partial charge in [0.15, 0.2) is 6.10 Å². The van der Waals surface area contributed by atoms with Crippen LogP contribution in [0.1, 0.15) is 19.3 Å². The lowest BCUT2D eigenvalue weighted by Gasteiger charge is -2.24. The fourth-order valence-electron chi connectivity index (χ4n) is 2.32. The number of ether oxygens (including phenoxy) is 2. The molecule has 2 aliphatic rings. The molecule has 2 rings (SSSR count). The van der Waals surface area contributed by atoms with Crippen molar-refractivity contribution in [2.45, 2.75) is 25.4 Å². The van der Waals surface area contributed by atoms with Crippen LogP contribution in [-0.4, -0.2) is 51.5 Å². The fraction of sp³-hybridized carbons (Fsp3) is 0.917. The maximum atomic E-state index is 11.7. The smallest absolute Gasteiger partial charge is 0.251 e. The van der Waals surface area contributed by atoms with Gasteiger partial charge in [-0.1, -0.05) is 0 Å². The molecule has 0 saturated carbocycles. The SMILES string of the molecule is Cl.O=C(NCCC1CCCNC1)C1COCCO1. The molecule has 2 heterocycles. The Morgan fingerprint density at radius 2 is 2.28 bits per heavy atom. The second kappa shape index (κ2) is 8.69. The molecule has 0 aromatic heterocycles. The summed E-state index contributed by atoms with van der Waals surface area (Å²) in [6, 6.07) is 0. The van der Waals surface area contributed by atoms with Crippen molar-refractivity contribution < 1.29 is 14.3 Å². The highest BCUT2D eigenvalue weighted by Crippen LogP contribution is 2.12. The van der Waals surface area contributed by atoms with Crippen molar-refractivity contribution in [1.29, 1.82) is 0 Å². The number of carbonyl (C=O) groups excluding carboxylic acids is 1. The van der Waals surface area contributed by atoms with Gasteiger partial charge >= 0.3 is 0 Å². The summed E-state index contributed by atoms with van der Waals surface area (Å²) in [7, 11) is 0. The fourth-order valence-corrected chi connectivity index (χ4v) is 2.32. The van der Waals surface area contributed by atoms with Crippen LogP contribution in [0.4, 0.5) is 0 Å². The van der Waals surface area contributed by atoms with E-state index in [1.54, 1.807) is 0 Å². The van der Waals surface area contributed by atoms with Crippen LogP contribution in [0.5, 0.6) is 0 Å². The average Bonchev–Trinajstić information content (AvgIpc) is 2.41. The number of piperidine rings is 1. The van der Waals surface area contributed by atoms with E-state index in [2.05, 4.69) is 10.6 Å². The van der Waals surface area contributed by atoms with E-state index in [1.165, 1.54) is 12.8 Å². The standard InChI is InChI=1S/C12H22N2O3.ClH/c15-12(11-9-16-6-7-17-11)14-5-3-10-2-1-4-13-8-10;/h10-11,13H,1-9H2,(H,14,15);1H. The van der Waals surface area contributed by atoms with E-state index in [9.17, 15) is 4.79 Å². The van der Waals surface area contributed by atoms with Crippen molar-refractivity contribution in [3.05, 3.63) is 0 Å². The van der Waals surface area contributed by atoms with Gasteiger partial charge in [-0.2, -0.15) is 0 Å². The maximum absolute atomic E-state index is 11.7. The highest BCUT2D eigenvalue weighted by molar-refractivity contribution is 5.85. The Labute approximate surface area is 114 Å². The normalized spacial score (nSPS) is 28.2. The van der Waals surface area contributed by atoms with Gasteiger partial charge in [-0.3, -0.25) is 4.79 Å². The van der Waals surface area contributed by atoms with Crippen LogP contribution < -0.4 is 10.6 Å². The molecule has 0 bridgehead atoms. The molecule has 0 spiro atoms. The lowest BCUT2D eigenvalue weighted by molar-refractivity contribution is -0.147. The van der Waals surface area contributed by atoms with Gasteiger partial charge in [-0.25, -0.2) is 0 Å². The minimum Gasteiger partial charge on any atom is -0.376 e. The second-order valence-corrected chi connectivity index (χ2v) is 4.73. The van der Waals surface area contributed by atoms with Crippen LogP contribution in [-0.2, 0) is 14.3 Å². The predicted octanol–water partition coefficient (Wildman–Crippen LogP) is 0.329. The maximum Gasteiger partial charge on any atom is 0.251 e. The molecule has 2 saturated heterocycles. The summed E-state index contributed by atoms with van der Waals surface area (Å²) in [4.78, 5) is 11.7. The van der Waals surface area contributed by atoms with Gasteiger partial charge in [-0.05, 0) is 38.3 Å². The summed E-state index contributed by atoms with van der Waals surface area (Å²) in [6.07, 6.45) is 3.16. The lowest BCUT2D eigenvalue weighted by Crippen LogP contribution is -2.43. The quantitative estimate of drug-likeness (QED) is 0.778. The summed E-state index contributed by atoms with van der Waals surface area (Å²) in [5.74, 6) is 0.668. The zero-order chi connectivity index (χ0) is 11.9. The van der Waals surface area contributed by atoms with E-state index in [0.717, 1.165) is 26.1 Å². The minimum atomic E-state index is -0.409. The van der Waals surface area contributed by atoms with Gasteiger partial charge in [0, 0.05) is 6.54 Å². The first-order valence-electron chi connectivity index (χ1n) is 6.54. The molecular formula is C12H23ClN2O3. The molecule has 5 nitrogen and oxygen atoms in total. The van der Waals surface area contributed by atoms with E-state index in [-0.39, 0.29) is 18.3 Å². The Kier molecular flexibility index (Phi) is 7.58. The second-order valence-electron chi connectivity index (χ2n) is 4.73. The van der Waals surface area contributed by atoms with E-state index in [4.69, 9.17) is 9.47 Å². The van der Waals surface area contributed by atoms with Gasteiger partial charge in [-0.15, -0.1) is 12.4 Å². The van der Waals surface area contributed by atoms with Crippen LogP contribution in [0.15, 0.2) is 0 Å². The van der Waals surface area contributed by atoms with Crippen LogP contribution in [0, 0.1) is 5.92 Å². The van der Waals surface area contributed by atoms with E-state index < -0.39 is 6.10 Å². The largest absolute Gasteiger partial charge is 0.376 e. The zero-order valence-electron chi connectivity index (χ0n) is 10.7. The first-order chi connectivity index (χ1) is 8.36. The molecule has 2 atom stereocenters. The van der Waals surface area contributed by atoms with Crippen molar-refractivity contribution in [2.24, 2.45) is 5.92 Å². The van der Waals surface area contributed by atoms with Gasteiger partial charge in [0.1, 0.15) is 0 Å². The summed E-state index contributed by atoms with van der Waals surface area (Å²) in [6.45, 7) is 4.46. The number of hydrogen-bond acceptors (Lipinski definition) is 4.